The van der Waals surface area contributed by atoms with E-state index in [-0.39, 0.29) is 17.3 Å². The van der Waals surface area contributed by atoms with Crippen molar-refractivity contribution < 1.29 is 14.4 Å². The normalized spacial score (nSPS) is 18.5. The van der Waals surface area contributed by atoms with Crippen LogP contribution < -0.4 is 0 Å². The van der Waals surface area contributed by atoms with Gasteiger partial charge in [-0.15, -0.1) is 34.0 Å². The van der Waals surface area contributed by atoms with Crippen molar-refractivity contribution in [3.63, 3.8) is 0 Å². The molecule has 3 aliphatic heterocycles. The zero-order valence-corrected chi connectivity index (χ0v) is 48.4. The Bertz CT molecular complexity index is 3150. The number of likely N-dealkylation sites (tertiary alicyclic amines) is 3. The summed E-state index contributed by atoms with van der Waals surface area (Å²) < 4.78 is 6.56. The second-order valence-electron chi connectivity index (χ2n) is 21.7. The summed E-state index contributed by atoms with van der Waals surface area (Å²) in [6.07, 6.45) is 26.6. The van der Waals surface area contributed by atoms with Crippen molar-refractivity contribution in [2.24, 2.45) is 21.1 Å². The highest BCUT2D eigenvalue weighted by Crippen LogP contribution is 2.36. The largest absolute Gasteiger partial charge is 0.349 e. The fourth-order valence-corrected chi connectivity index (χ4v) is 15.0. The predicted octanol–water partition coefficient (Wildman–Crippen LogP) is 10.6. The van der Waals surface area contributed by atoms with Gasteiger partial charge in [0, 0.05) is 131 Å². The molecule has 15 nitrogen and oxygen atoms in total. The molecule has 0 aliphatic carbocycles. The Balaban J connectivity index is 0.000000132. The lowest BCUT2D eigenvalue weighted by atomic mass is 9.90. The number of carbonyl (C=O) groups excluding carboxylic acids is 3. The second kappa shape index (κ2) is 25.3. The van der Waals surface area contributed by atoms with Crippen molar-refractivity contribution in [2.45, 2.75) is 116 Å². The Morgan fingerprint density at radius 3 is 1.03 bits per heavy atom. The molecule has 0 spiro atoms. The second-order valence-corrected chi connectivity index (χ2v) is 25.3. The van der Waals surface area contributed by atoms with Gasteiger partial charge in [-0.3, -0.25) is 44.0 Å². The number of hydrogen-bond acceptors (Lipinski definition) is 15. The van der Waals surface area contributed by atoms with E-state index >= 15 is 0 Å². The number of rotatable bonds is 15. The van der Waals surface area contributed by atoms with E-state index in [1.54, 1.807) is 54.8 Å². The zero-order valence-electron chi connectivity index (χ0n) is 45.9. The number of aryl methyl sites for hydroxylation is 3. The highest BCUT2D eigenvalue weighted by atomic mass is 32.1. The molecule has 0 aromatic carbocycles. The summed E-state index contributed by atoms with van der Waals surface area (Å²) in [5, 5.41) is 2.79. The fraction of sp³-hybridized carbons (Fsp3) is 0.450. The van der Waals surface area contributed by atoms with Gasteiger partial charge in [-0.2, -0.15) is 0 Å². The molecule has 0 N–H and O–H groups in total. The van der Waals surface area contributed by atoms with Gasteiger partial charge in [0.2, 0.25) is 0 Å². The topological polar surface area (TPSA) is 153 Å². The van der Waals surface area contributed by atoms with Crippen LogP contribution in [0.15, 0.2) is 92.2 Å². The SMILES string of the molecule is CC(=O)Cc1ncc(CN2CCCC(c3ccnc4ccn(C)c34)C2)s1.CC(=O)Cc1ncc(CN2CCC[C@@H](c3ccnc4ccn(C)c34)C2)s1.CC(=O)Cc1ncc(CN2CCC[C@H](c3ccnc4ccn(C)c34)C2)s1. The van der Waals surface area contributed by atoms with E-state index in [0.29, 0.717) is 37.0 Å². The molecule has 1 unspecified atom stereocenters. The molecule has 12 heterocycles. The fourth-order valence-electron chi connectivity index (χ4n) is 11.9. The van der Waals surface area contributed by atoms with Crippen LogP contribution in [-0.4, -0.2) is 115 Å². The van der Waals surface area contributed by atoms with Gasteiger partial charge in [-0.05, 0) is 150 Å². The minimum Gasteiger partial charge on any atom is -0.349 e. The van der Waals surface area contributed by atoms with Gasteiger partial charge >= 0.3 is 0 Å². The molecular formula is C60H72N12O3S3. The van der Waals surface area contributed by atoms with Crippen LogP contribution in [0.2, 0.25) is 0 Å². The Morgan fingerprint density at radius 1 is 0.449 bits per heavy atom. The first-order valence-electron chi connectivity index (χ1n) is 27.5. The highest BCUT2D eigenvalue weighted by Gasteiger charge is 2.28. The van der Waals surface area contributed by atoms with Crippen LogP contribution in [0.1, 0.15) is 123 Å². The average Bonchev–Trinajstić information content (AvgIpc) is 4.43. The number of carbonyl (C=O) groups is 3. The van der Waals surface area contributed by atoms with Gasteiger partial charge in [-0.25, -0.2) is 15.0 Å². The number of aromatic nitrogens is 9. The predicted molar refractivity (Wildman–Crippen MR) is 313 cm³/mol. The molecule has 0 saturated carbocycles. The minimum atomic E-state index is 0.174. The molecule has 3 atom stereocenters. The molecule has 0 radical (unpaired) electrons. The molecule has 18 heteroatoms. The van der Waals surface area contributed by atoms with Crippen molar-refractivity contribution in [1.29, 1.82) is 0 Å². The number of ketones is 3. The molecule has 9 aromatic rings. The van der Waals surface area contributed by atoms with E-state index in [1.807, 2.05) is 37.2 Å². The molecule has 3 saturated heterocycles. The van der Waals surface area contributed by atoms with Gasteiger partial charge in [0.05, 0.1) is 52.4 Å². The summed E-state index contributed by atoms with van der Waals surface area (Å²) in [5.74, 6) is 2.13. The number of nitrogens with zero attached hydrogens (tertiary/aromatic N) is 12. The first kappa shape index (κ1) is 55.2. The van der Waals surface area contributed by atoms with Crippen LogP contribution in [0.4, 0.5) is 0 Å². The van der Waals surface area contributed by atoms with Gasteiger partial charge in [0.25, 0.3) is 0 Å². The van der Waals surface area contributed by atoms with Crippen LogP contribution >= 0.6 is 34.0 Å². The lowest BCUT2D eigenvalue weighted by molar-refractivity contribution is -0.117. The van der Waals surface area contributed by atoms with Crippen LogP contribution in [0, 0.1) is 0 Å². The first-order valence-corrected chi connectivity index (χ1v) is 29.9. The van der Waals surface area contributed by atoms with E-state index in [9.17, 15) is 14.4 Å². The van der Waals surface area contributed by atoms with E-state index in [1.165, 1.54) is 86.4 Å². The van der Waals surface area contributed by atoms with E-state index in [4.69, 9.17) is 0 Å². The van der Waals surface area contributed by atoms with Crippen molar-refractivity contribution in [3.05, 3.63) is 139 Å². The number of hydrogen-bond donors (Lipinski definition) is 0. The van der Waals surface area contributed by atoms with E-state index in [0.717, 1.165) is 90.5 Å². The highest BCUT2D eigenvalue weighted by molar-refractivity contribution is 7.12. The third-order valence-corrected chi connectivity index (χ3v) is 18.3. The summed E-state index contributed by atoms with van der Waals surface area (Å²) in [5.41, 5.74) is 11.3. The van der Waals surface area contributed by atoms with E-state index < -0.39 is 0 Å². The Hall–Kier alpha value is -6.15. The number of piperidine rings is 3. The third-order valence-electron chi connectivity index (χ3n) is 15.4. The zero-order chi connectivity index (χ0) is 54.3. The van der Waals surface area contributed by atoms with Crippen molar-refractivity contribution in [2.75, 3.05) is 39.3 Å². The first-order chi connectivity index (χ1) is 37.8. The van der Waals surface area contributed by atoms with Crippen molar-refractivity contribution in [1.82, 2.24) is 58.3 Å². The summed E-state index contributed by atoms with van der Waals surface area (Å²) in [6.45, 7) is 14.2. The number of Topliss-reactive ketones (excluding diaryl/α,β-unsaturated/α-hetero) is 3. The lowest BCUT2D eigenvalue weighted by Gasteiger charge is -2.33. The maximum Gasteiger partial charge on any atom is 0.136 e. The quantitative estimate of drug-likeness (QED) is 0.0960. The summed E-state index contributed by atoms with van der Waals surface area (Å²) in [6, 6.07) is 12.8. The molecule has 78 heavy (non-hydrogen) atoms. The Morgan fingerprint density at radius 2 is 0.744 bits per heavy atom. The molecule has 0 bridgehead atoms. The number of thiazole rings is 3. The summed E-state index contributed by atoms with van der Waals surface area (Å²) in [4.78, 5) is 71.9. The molecule has 0 amide bonds. The molecule has 3 aliphatic rings. The van der Waals surface area contributed by atoms with Gasteiger partial charge < -0.3 is 13.7 Å². The van der Waals surface area contributed by atoms with Crippen molar-refractivity contribution >= 4 is 84.5 Å². The van der Waals surface area contributed by atoms with Crippen LogP contribution in [-0.2, 0) is 74.4 Å². The molecule has 3 fully saturated rings. The maximum atomic E-state index is 11.3. The van der Waals surface area contributed by atoms with Gasteiger partial charge in [0.15, 0.2) is 0 Å². The van der Waals surface area contributed by atoms with Crippen LogP contribution in [0.5, 0.6) is 0 Å². The van der Waals surface area contributed by atoms with Crippen LogP contribution in [0.3, 0.4) is 0 Å². The Kier molecular flexibility index (Phi) is 17.9. The van der Waals surface area contributed by atoms with Crippen LogP contribution in [0.25, 0.3) is 33.1 Å². The Labute approximate surface area is 469 Å². The minimum absolute atomic E-state index is 0.174. The van der Waals surface area contributed by atoms with E-state index in [2.05, 4.69) is 134 Å². The maximum absolute atomic E-state index is 11.3. The standard InChI is InChI=1S/3C20H24N4OS/c3*1-14(25)10-19-22-11-16(26-19)13-24-8-3-4-15(12-24)17-5-7-21-18-6-9-23(2)20(17)18/h3*5-7,9,11,15H,3-4,8,10,12-13H2,1-2H3/t2*15-;/m10./s1. The van der Waals surface area contributed by atoms with Crippen molar-refractivity contribution in [3.8, 4) is 0 Å². The lowest BCUT2D eigenvalue weighted by Crippen LogP contribution is -2.33. The number of fused-ring (bicyclic) bond motifs is 3. The van der Waals surface area contributed by atoms with Gasteiger partial charge in [0.1, 0.15) is 32.4 Å². The summed E-state index contributed by atoms with van der Waals surface area (Å²) >= 11 is 5.01. The molecule has 12 rings (SSSR count). The molecule has 9 aromatic heterocycles. The third kappa shape index (κ3) is 13.6. The smallest absolute Gasteiger partial charge is 0.136 e. The molecule has 408 valence electrons. The number of pyridine rings is 3. The molecular weight excluding hydrogens is 1030 g/mol. The summed E-state index contributed by atoms with van der Waals surface area (Å²) in [7, 11) is 6.30. The van der Waals surface area contributed by atoms with Gasteiger partial charge in [-0.1, -0.05) is 0 Å². The monoisotopic (exact) mass is 1100 g/mol. The average molecular weight is 1110 g/mol.